The third kappa shape index (κ3) is 6.48. The number of nitrogens with one attached hydrogen (secondary N) is 1. The molecule has 0 fully saturated rings. The number of benzene rings is 2. The molecule has 2 amide bonds. The molecule has 2 atom stereocenters. The van der Waals surface area contributed by atoms with E-state index in [4.69, 9.17) is 23.2 Å². The molecule has 4 nitrogen and oxygen atoms in total. The summed E-state index contributed by atoms with van der Waals surface area (Å²) in [6.45, 7) is 8.24. The molecule has 0 bridgehead atoms. The molecule has 0 aliphatic rings. The van der Waals surface area contributed by atoms with Crippen LogP contribution in [0, 0.1) is 6.92 Å². The highest BCUT2D eigenvalue weighted by Crippen LogP contribution is 2.26. The van der Waals surface area contributed by atoms with Crippen LogP contribution in [0.25, 0.3) is 0 Å². The highest BCUT2D eigenvalue weighted by atomic mass is 35.5. The molecule has 0 aromatic heterocycles. The van der Waals surface area contributed by atoms with Crippen molar-refractivity contribution < 1.29 is 9.59 Å². The molecule has 6 heteroatoms. The molecule has 0 radical (unpaired) electrons. The van der Waals surface area contributed by atoms with Crippen molar-refractivity contribution in [2.45, 2.75) is 65.6 Å². The second-order valence-corrected chi connectivity index (χ2v) is 8.44. The highest BCUT2D eigenvalue weighted by molar-refractivity contribution is 6.36. The van der Waals surface area contributed by atoms with Crippen molar-refractivity contribution in [1.82, 2.24) is 10.2 Å². The number of hydrogen-bond donors (Lipinski definition) is 1. The summed E-state index contributed by atoms with van der Waals surface area (Å²) < 4.78 is 0. The van der Waals surface area contributed by atoms with E-state index in [2.05, 4.69) is 5.32 Å². The van der Waals surface area contributed by atoms with Crippen molar-refractivity contribution in [3.05, 3.63) is 69.2 Å². The van der Waals surface area contributed by atoms with Crippen molar-refractivity contribution >= 4 is 35.0 Å². The van der Waals surface area contributed by atoms with Crippen LogP contribution in [0.15, 0.2) is 42.5 Å². The third-order valence-electron chi connectivity index (χ3n) is 5.21. The molecule has 0 aliphatic heterocycles. The summed E-state index contributed by atoms with van der Waals surface area (Å²) in [5.41, 5.74) is 2.66. The van der Waals surface area contributed by atoms with Crippen LogP contribution in [0.4, 0.5) is 0 Å². The molecule has 2 aromatic rings. The number of amides is 2. The second kappa shape index (κ2) is 11.4. The van der Waals surface area contributed by atoms with Crippen LogP contribution in [0.3, 0.4) is 0 Å². The third-order valence-corrected chi connectivity index (χ3v) is 5.92. The molecular formula is C24H30Cl2N2O2. The van der Waals surface area contributed by atoms with Crippen LogP contribution in [0.2, 0.25) is 10.0 Å². The molecule has 0 saturated heterocycles. The summed E-state index contributed by atoms with van der Waals surface area (Å²) in [7, 11) is 0. The molecule has 0 heterocycles. The summed E-state index contributed by atoms with van der Waals surface area (Å²) in [6.07, 6.45) is 1.37. The predicted molar refractivity (Wildman–Crippen MR) is 124 cm³/mol. The van der Waals surface area contributed by atoms with E-state index in [1.165, 1.54) is 0 Å². The van der Waals surface area contributed by atoms with Crippen LogP contribution in [-0.4, -0.2) is 28.8 Å². The number of carbonyl (C=O) groups excluding carboxylic acids is 2. The Kier molecular flexibility index (Phi) is 9.19. The number of halogens is 2. The minimum Gasteiger partial charge on any atom is -0.352 e. The summed E-state index contributed by atoms with van der Waals surface area (Å²) in [5.74, 6) is -0.323. The van der Waals surface area contributed by atoms with Crippen molar-refractivity contribution in [2.75, 3.05) is 0 Å². The molecule has 30 heavy (non-hydrogen) atoms. The molecule has 162 valence electrons. The number of hydrogen-bond acceptors (Lipinski definition) is 2. The van der Waals surface area contributed by atoms with E-state index in [9.17, 15) is 9.59 Å². The molecule has 1 N–H and O–H groups in total. The number of aryl methyl sites for hydroxylation is 1. The van der Waals surface area contributed by atoms with Gasteiger partial charge in [0.25, 0.3) is 0 Å². The van der Waals surface area contributed by atoms with Crippen LogP contribution in [-0.2, 0) is 22.6 Å². The van der Waals surface area contributed by atoms with Gasteiger partial charge in [0.15, 0.2) is 0 Å². The van der Waals surface area contributed by atoms with Crippen molar-refractivity contribution in [2.24, 2.45) is 0 Å². The Balaban J connectivity index is 2.35. The lowest BCUT2D eigenvalue weighted by molar-refractivity contribution is -0.141. The first-order chi connectivity index (χ1) is 14.3. The van der Waals surface area contributed by atoms with Crippen LogP contribution in [0.5, 0.6) is 0 Å². The SMILES string of the molecule is CC[C@H](C)NC(=O)[C@H](CC)N(Cc1cccc(C)c1)C(=O)Cc1c(Cl)cccc1Cl. The highest BCUT2D eigenvalue weighted by Gasteiger charge is 2.30. The first kappa shape index (κ1) is 24.2. The van der Waals surface area contributed by atoms with Crippen LogP contribution in [0.1, 0.15) is 50.3 Å². The van der Waals surface area contributed by atoms with Gasteiger partial charge in [0.05, 0.1) is 6.42 Å². The van der Waals surface area contributed by atoms with Gasteiger partial charge in [-0.15, -0.1) is 0 Å². The summed E-state index contributed by atoms with van der Waals surface area (Å²) in [6, 6.07) is 12.6. The standard InChI is InChI=1S/C24H30Cl2N2O2/c1-5-17(4)27-24(30)22(6-2)28(15-18-10-7-9-16(3)13-18)23(29)14-19-20(25)11-8-12-21(19)26/h7-13,17,22H,5-6,14-15H2,1-4H3,(H,27,30)/t17-,22-/m0/s1. The molecule has 0 unspecified atom stereocenters. The van der Waals surface area contributed by atoms with E-state index in [1.807, 2.05) is 52.0 Å². The lowest BCUT2D eigenvalue weighted by Crippen LogP contribution is -2.51. The molecule has 0 aliphatic carbocycles. The maximum atomic E-state index is 13.4. The fourth-order valence-electron chi connectivity index (χ4n) is 3.32. The summed E-state index contributed by atoms with van der Waals surface area (Å²) >= 11 is 12.6. The average molecular weight is 449 g/mol. The van der Waals surface area contributed by atoms with E-state index < -0.39 is 6.04 Å². The van der Waals surface area contributed by atoms with Gasteiger partial charge in [-0.1, -0.05) is 72.9 Å². The normalized spacial score (nSPS) is 12.9. The van der Waals surface area contributed by atoms with Gasteiger partial charge in [0.2, 0.25) is 11.8 Å². The van der Waals surface area contributed by atoms with Crippen molar-refractivity contribution in [1.29, 1.82) is 0 Å². The minimum absolute atomic E-state index is 0.0391. The topological polar surface area (TPSA) is 49.4 Å². The largest absolute Gasteiger partial charge is 0.352 e. The lowest BCUT2D eigenvalue weighted by Gasteiger charge is -2.32. The minimum atomic E-state index is -0.576. The first-order valence-corrected chi connectivity index (χ1v) is 11.1. The molecule has 2 aromatic carbocycles. The monoisotopic (exact) mass is 448 g/mol. The summed E-state index contributed by atoms with van der Waals surface area (Å²) in [4.78, 5) is 28.0. The Hall–Kier alpha value is -2.04. The molecule has 0 saturated carbocycles. The Morgan fingerprint density at radius 2 is 1.67 bits per heavy atom. The molecule has 0 spiro atoms. The van der Waals surface area contributed by atoms with Crippen molar-refractivity contribution in [3.8, 4) is 0 Å². The van der Waals surface area contributed by atoms with Gasteiger partial charge in [0, 0.05) is 22.6 Å². The van der Waals surface area contributed by atoms with E-state index in [0.717, 1.165) is 17.5 Å². The van der Waals surface area contributed by atoms with Crippen molar-refractivity contribution in [3.63, 3.8) is 0 Å². The Labute approximate surface area is 189 Å². The van der Waals surface area contributed by atoms with Gasteiger partial charge in [-0.2, -0.15) is 0 Å². The number of rotatable bonds is 9. The smallest absolute Gasteiger partial charge is 0.243 e. The summed E-state index contributed by atoms with van der Waals surface area (Å²) in [5, 5.41) is 3.91. The maximum absolute atomic E-state index is 13.4. The zero-order chi connectivity index (χ0) is 22.3. The Morgan fingerprint density at radius 1 is 1.03 bits per heavy atom. The average Bonchev–Trinajstić information content (AvgIpc) is 2.70. The van der Waals surface area contributed by atoms with E-state index in [1.54, 1.807) is 23.1 Å². The Morgan fingerprint density at radius 3 is 2.23 bits per heavy atom. The fourth-order valence-corrected chi connectivity index (χ4v) is 3.85. The quantitative estimate of drug-likeness (QED) is 0.545. The van der Waals surface area contributed by atoms with Gasteiger partial charge >= 0.3 is 0 Å². The number of nitrogens with zero attached hydrogens (tertiary/aromatic N) is 1. The van der Waals surface area contributed by atoms with E-state index >= 15 is 0 Å². The van der Waals surface area contributed by atoms with Gasteiger partial charge in [-0.05, 0) is 49.9 Å². The predicted octanol–water partition coefficient (Wildman–Crippen LogP) is 5.57. The Bertz CT molecular complexity index is 865. The van der Waals surface area contributed by atoms with E-state index in [-0.39, 0.29) is 24.3 Å². The van der Waals surface area contributed by atoms with Crippen LogP contribution >= 0.6 is 23.2 Å². The fraction of sp³-hybridized carbons (Fsp3) is 0.417. The molecule has 2 rings (SSSR count). The maximum Gasteiger partial charge on any atom is 0.243 e. The lowest BCUT2D eigenvalue weighted by atomic mass is 10.0. The van der Waals surface area contributed by atoms with Gasteiger partial charge < -0.3 is 10.2 Å². The van der Waals surface area contributed by atoms with Gasteiger partial charge in [-0.3, -0.25) is 9.59 Å². The van der Waals surface area contributed by atoms with Gasteiger partial charge in [0.1, 0.15) is 6.04 Å². The van der Waals surface area contributed by atoms with Gasteiger partial charge in [-0.25, -0.2) is 0 Å². The first-order valence-electron chi connectivity index (χ1n) is 10.3. The zero-order valence-corrected chi connectivity index (χ0v) is 19.6. The molecular weight excluding hydrogens is 419 g/mol. The number of carbonyl (C=O) groups is 2. The van der Waals surface area contributed by atoms with Crippen LogP contribution < -0.4 is 5.32 Å². The zero-order valence-electron chi connectivity index (χ0n) is 18.0. The second-order valence-electron chi connectivity index (χ2n) is 7.63. The van der Waals surface area contributed by atoms with E-state index in [0.29, 0.717) is 28.6 Å².